The van der Waals surface area contributed by atoms with Crippen LogP contribution in [0.1, 0.15) is 29.5 Å². The van der Waals surface area contributed by atoms with Gasteiger partial charge in [0.15, 0.2) is 10.8 Å². The number of pyridine rings is 1. The smallest absolute Gasteiger partial charge is 0.417 e. The van der Waals surface area contributed by atoms with Crippen molar-refractivity contribution in [2.45, 2.75) is 23.8 Å². The molecule has 0 radical (unpaired) electrons. The van der Waals surface area contributed by atoms with E-state index in [2.05, 4.69) is 15.3 Å². The van der Waals surface area contributed by atoms with E-state index in [0.717, 1.165) is 24.0 Å². The zero-order valence-corrected chi connectivity index (χ0v) is 17.0. The van der Waals surface area contributed by atoms with E-state index in [9.17, 15) is 18.0 Å². The molecule has 0 saturated heterocycles. The third kappa shape index (κ3) is 3.77. The van der Waals surface area contributed by atoms with E-state index in [-0.39, 0.29) is 22.5 Å². The molecule has 5 rings (SSSR count). The first-order valence-corrected chi connectivity index (χ1v) is 10.4. The zero-order valence-electron chi connectivity index (χ0n) is 16.2. The number of hydrogen-bond donors (Lipinski definition) is 0. The van der Waals surface area contributed by atoms with Gasteiger partial charge in [-0.1, -0.05) is 11.8 Å². The lowest BCUT2D eigenvalue weighted by Gasteiger charge is -2.19. The molecule has 1 unspecified atom stereocenters. The molecule has 4 aromatic rings. The zero-order chi connectivity index (χ0) is 22.3. The number of alkyl halides is 3. The van der Waals surface area contributed by atoms with E-state index < -0.39 is 17.8 Å². The molecule has 12 heteroatoms. The first-order chi connectivity index (χ1) is 15.4. The molecular formula is C20H14F3N5O3S. The average Bonchev–Trinajstić information content (AvgIpc) is 3.56. The standard InChI is InChI=1S/C20H14F3N5O3S/c21-20(22,23)12-5-6-17-24-25-19(27(17)10-12)32-11-18(29)28-14(16-4-2-8-31-16)9-13(26-28)15-3-1-7-30-15/h1-8,10,14H,9,11H2. The summed E-state index contributed by atoms with van der Waals surface area (Å²) in [5.74, 6) is 0.647. The highest BCUT2D eigenvalue weighted by Crippen LogP contribution is 2.34. The molecule has 0 N–H and O–H groups in total. The van der Waals surface area contributed by atoms with Crippen LogP contribution in [-0.4, -0.2) is 37.0 Å². The van der Waals surface area contributed by atoms with Gasteiger partial charge in [0.1, 0.15) is 23.3 Å². The number of rotatable bonds is 5. The van der Waals surface area contributed by atoms with Crippen LogP contribution >= 0.6 is 11.8 Å². The van der Waals surface area contributed by atoms with Gasteiger partial charge in [0.25, 0.3) is 5.91 Å². The molecular weight excluding hydrogens is 447 g/mol. The second kappa shape index (κ2) is 7.86. The van der Waals surface area contributed by atoms with Crippen LogP contribution in [-0.2, 0) is 11.0 Å². The van der Waals surface area contributed by atoms with Crippen LogP contribution in [0.4, 0.5) is 13.2 Å². The fourth-order valence-electron chi connectivity index (χ4n) is 3.36. The number of amides is 1. The largest absolute Gasteiger partial charge is 0.467 e. The molecule has 164 valence electrons. The SMILES string of the molecule is O=C(CSc1nnc2ccc(C(F)(F)F)cn12)N1N=C(c2ccco2)CC1c1ccco1. The molecule has 0 bridgehead atoms. The van der Waals surface area contributed by atoms with Crippen molar-refractivity contribution in [3.05, 3.63) is 72.2 Å². The number of aromatic nitrogens is 3. The summed E-state index contributed by atoms with van der Waals surface area (Å²) in [4.78, 5) is 13.0. The third-order valence-corrected chi connectivity index (χ3v) is 5.79. The molecule has 32 heavy (non-hydrogen) atoms. The molecule has 5 heterocycles. The van der Waals surface area contributed by atoms with Crippen molar-refractivity contribution in [2.75, 3.05) is 5.75 Å². The minimum atomic E-state index is -4.50. The molecule has 0 aliphatic carbocycles. The van der Waals surface area contributed by atoms with Gasteiger partial charge in [-0.2, -0.15) is 18.3 Å². The molecule has 0 saturated carbocycles. The summed E-state index contributed by atoms with van der Waals surface area (Å²) < 4.78 is 51.2. The van der Waals surface area contributed by atoms with Crippen LogP contribution in [0.3, 0.4) is 0 Å². The van der Waals surface area contributed by atoms with Gasteiger partial charge >= 0.3 is 6.18 Å². The van der Waals surface area contributed by atoms with Gasteiger partial charge in [0, 0.05) is 12.6 Å². The van der Waals surface area contributed by atoms with Gasteiger partial charge in [-0.25, -0.2) is 5.01 Å². The summed E-state index contributed by atoms with van der Waals surface area (Å²) in [6, 6.07) is 8.67. The van der Waals surface area contributed by atoms with E-state index in [0.29, 0.717) is 23.7 Å². The first kappa shape index (κ1) is 20.4. The summed E-state index contributed by atoms with van der Waals surface area (Å²) in [7, 11) is 0. The average molecular weight is 461 g/mol. The molecule has 1 aliphatic heterocycles. The van der Waals surface area contributed by atoms with Crippen molar-refractivity contribution in [1.29, 1.82) is 0 Å². The van der Waals surface area contributed by atoms with Crippen LogP contribution in [0, 0.1) is 0 Å². The van der Waals surface area contributed by atoms with Crippen LogP contribution in [0.25, 0.3) is 5.65 Å². The number of carbonyl (C=O) groups excluding carboxylic acids is 1. The lowest BCUT2D eigenvalue weighted by molar-refractivity contribution is -0.138. The highest BCUT2D eigenvalue weighted by molar-refractivity contribution is 7.99. The Morgan fingerprint density at radius 2 is 1.94 bits per heavy atom. The lowest BCUT2D eigenvalue weighted by Crippen LogP contribution is -2.28. The molecule has 1 amide bonds. The number of carbonyl (C=O) groups is 1. The van der Waals surface area contributed by atoms with Crippen LogP contribution < -0.4 is 0 Å². The number of fused-ring (bicyclic) bond motifs is 1. The number of thioether (sulfide) groups is 1. The Balaban J connectivity index is 1.38. The third-order valence-electron chi connectivity index (χ3n) is 4.87. The number of hydrazone groups is 1. The Hall–Kier alpha value is -3.54. The number of hydrogen-bond acceptors (Lipinski definition) is 7. The van der Waals surface area contributed by atoms with E-state index in [1.165, 1.54) is 28.0 Å². The Bertz CT molecular complexity index is 1280. The quantitative estimate of drug-likeness (QED) is 0.409. The predicted octanol–water partition coefficient (Wildman–Crippen LogP) is 4.40. The van der Waals surface area contributed by atoms with Gasteiger partial charge in [0.05, 0.1) is 23.8 Å². The second-order valence-corrected chi connectivity index (χ2v) is 7.86. The monoisotopic (exact) mass is 461 g/mol. The normalized spacial score (nSPS) is 16.7. The molecule has 4 aromatic heterocycles. The van der Waals surface area contributed by atoms with Gasteiger partial charge in [-0.3, -0.25) is 9.20 Å². The predicted molar refractivity (Wildman–Crippen MR) is 107 cm³/mol. The minimum Gasteiger partial charge on any atom is -0.467 e. The topological polar surface area (TPSA) is 89.1 Å². The van der Waals surface area contributed by atoms with Gasteiger partial charge < -0.3 is 8.83 Å². The Labute approximate surface area is 182 Å². The summed E-state index contributed by atoms with van der Waals surface area (Å²) in [5, 5.41) is 13.7. The maximum absolute atomic E-state index is 13.0. The molecule has 0 fully saturated rings. The van der Waals surface area contributed by atoms with Crippen LogP contribution in [0.2, 0.25) is 0 Å². The number of furan rings is 2. The highest BCUT2D eigenvalue weighted by Gasteiger charge is 2.36. The first-order valence-electron chi connectivity index (χ1n) is 9.42. The van der Waals surface area contributed by atoms with Crippen LogP contribution in [0.15, 0.2) is 74.2 Å². The summed E-state index contributed by atoms with van der Waals surface area (Å²) >= 11 is 0.976. The maximum atomic E-state index is 13.0. The van der Waals surface area contributed by atoms with Gasteiger partial charge in [0.2, 0.25) is 0 Å². The molecule has 0 spiro atoms. The van der Waals surface area contributed by atoms with Crippen molar-refractivity contribution in [1.82, 2.24) is 19.6 Å². The molecule has 1 atom stereocenters. The van der Waals surface area contributed by atoms with E-state index >= 15 is 0 Å². The van der Waals surface area contributed by atoms with Crippen molar-refractivity contribution < 1.29 is 26.8 Å². The van der Waals surface area contributed by atoms with E-state index in [1.807, 2.05) is 0 Å². The maximum Gasteiger partial charge on any atom is 0.417 e. The Morgan fingerprint density at radius 1 is 1.12 bits per heavy atom. The number of nitrogens with zero attached hydrogens (tertiary/aromatic N) is 5. The second-order valence-electron chi connectivity index (χ2n) is 6.91. The van der Waals surface area contributed by atoms with Crippen molar-refractivity contribution >= 4 is 29.0 Å². The van der Waals surface area contributed by atoms with Crippen molar-refractivity contribution in [2.24, 2.45) is 5.10 Å². The Morgan fingerprint density at radius 3 is 2.66 bits per heavy atom. The van der Waals surface area contributed by atoms with Gasteiger partial charge in [-0.15, -0.1) is 10.2 Å². The summed E-state index contributed by atoms with van der Waals surface area (Å²) in [6.07, 6.45) is -0.153. The van der Waals surface area contributed by atoms with Crippen LogP contribution in [0.5, 0.6) is 0 Å². The highest BCUT2D eigenvalue weighted by atomic mass is 32.2. The lowest BCUT2D eigenvalue weighted by atomic mass is 10.1. The van der Waals surface area contributed by atoms with Crippen molar-refractivity contribution in [3.63, 3.8) is 0 Å². The fraction of sp³-hybridized carbons (Fsp3) is 0.200. The fourth-order valence-corrected chi connectivity index (χ4v) is 4.13. The molecule has 8 nitrogen and oxygen atoms in total. The van der Waals surface area contributed by atoms with Crippen molar-refractivity contribution in [3.8, 4) is 0 Å². The Kier molecular flexibility index (Phi) is 5.00. The van der Waals surface area contributed by atoms with E-state index in [4.69, 9.17) is 8.83 Å². The summed E-state index contributed by atoms with van der Waals surface area (Å²) in [6.45, 7) is 0. The minimum absolute atomic E-state index is 0.108. The molecule has 1 aliphatic rings. The molecule has 0 aromatic carbocycles. The summed E-state index contributed by atoms with van der Waals surface area (Å²) in [5.41, 5.74) is 0.0151. The number of halogens is 3. The van der Waals surface area contributed by atoms with Gasteiger partial charge in [-0.05, 0) is 36.4 Å². The van der Waals surface area contributed by atoms with E-state index in [1.54, 1.807) is 24.3 Å².